The van der Waals surface area contributed by atoms with Gasteiger partial charge in [-0.1, -0.05) is 0 Å². The van der Waals surface area contributed by atoms with E-state index in [9.17, 15) is 19.3 Å². The molecule has 0 saturated heterocycles. The zero-order chi connectivity index (χ0) is 18.6. The van der Waals surface area contributed by atoms with Gasteiger partial charge in [-0.05, 0) is 27.7 Å². The van der Waals surface area contributed by atoms with Crippen LogP contribution in [0.15, 0.2) is 0 Å². The lowest BCUT2D eigenvalue weighted by molar-refractivity contribution is -0.122. The summed E-state index contributed by atoms with van der Waals surface area (Å²) >= 11 is 0. The monoisotopic (exact) mass is 371 g/mol. The third-order valence-corrected chi connectivity index (χ3v) is 4.55. The molecule has 0 fully saturated rings. The van der Waals surface area contributed by atoms with Gasteiger partial charge in [-0.25, -0.2) is 9.59 Å². The van der Waals surface area contributed by atoms with Gasteiger partial charge in [0.1, 0.15) is 0 Å². The summed E-state index contributed by atoms with van der Waals surface area (Å²) in [4.78, 5) is 27.8. The zero-order valence-corrected chi connectivity index (χ0v) is 15.3. The van der Waals surface area contributed by atoms with E-state index in [1.165, 1.54) is 0 Å². The summed E-state index contributed by atoms with van der Waals surface area (Å²) in [5, 5.41) is 10.5. The van der Waals surface area contributed by atoms with Crippen LogP contribution < -0.4 is 0 Å². The second-order valence-electron chi connectivity index (χ2n) is 4.32. The van der Waals surface area contributed by atoms with Crippen molar-refractivity contribution in [3.63, 3.8) is 0 Å². The second kappa shape index (κ2) is 12.1. The van der Waals surface area contributed by atoms with Crippen molar-refractivity contribution in [2.24, 2.45) is 0 Å². The topological polar surface area (TPSA) is 121 Å². The number of hydrogen-bond donors (Lipinski definition) is 1. The van der Waals surface area contributed by atoms with Crippen molar-refractivity contribution >= 4 is 19.8 Å². The number of hydroxylamine groups is 2. The maximum atomic E-state index is 12.4. The van der Waals surface area contributed by atoms with E-state index in [1.54, 1.807) is 27.7 Å². The summed E-state index contributed by atoms with van der Waals surface area (Å²) in [6.45, 7) is 6.24. The fourth-order valence-electron chi connectivity index (χ4n) is 1.62. The summed E-state index contributed by atoms with van der Waals surface area (Å²) in [5.74, 6) is 0. The lowest BCUT2D eigenvalue weighted by Gasteiger charge is -2.24. The highest BCUT2D eigenvalue weighted by Crippen LogP contribution is 2.48. The SMILES string of the molecule is CCOC(=O)ON(C[C@@H](O)CP(=O)(OCC)OCC)C(=O)OCC. The predicted octanol–water partition coefficient (Wildman–Crippen LogP) is 2.16. The number of carbonyl (C=O) groups excluding carboxylic acids is 2. The van der Waals surface area contributed by atoms with E-state index in [0.717, 1.165) is 0 Å². The molecule has 0 heterocycles. The van der Waals surface area contributed by atoms with Crippen LogP contribution >= 0.6 is 7.60 Å². The molecule has 0 aromatic carbocycles. The average Bonchev–Trinajstić information content (AvgIpc) is 2.47. The van der Waals surface area contributed by atoms with Crippen molar-refractivity contribution in [2.75, 3.05) is 39.1 Å². The summed E-state index contributed by atoms with van der Waals surface area (Å²) in [6, 6.07) is 0. The van der Waals surface area contributed by atoms with Gasteiger partial charge in [-0.2, -0.15) is 0 Å². The minimum Gasteiger partial charge on any atom is -0.448 e. The number of hydrogen-bond acceptors (Lipinski definition) is 9. The zero-order valence-electron chi connectivity index (χ0n) is 14.4. The van der Waals surface area contributed by atoms with E-state index < -0.39 is 32.5 Å². The van der Waals surface area contributed by atoms with Crippen LogP contribution in [0.1, 0.15) is 27.7 Å². The molecular formula is C13H26NO9P. The number of ether oxygens (including phenoxy) is 2. The lowest BCUT2D eigenvalue weighted by atomic mass is 10.4. The van der Waals surface area contributed by atoms with Crippen LogP contribution in [0.5, 0.6) is 0 Å². The van der Waals surface area contributed by atoms with Crippen molar-refractivity contribution in [3.05, 3.63) is 0 Å². The molecule has 1 N–H and O–H groups in total. The van der Waals surface area contributed by atoms with Gasteiger partial charge in [0.05, 0.1) is 45.2 Å². The van der Waals surface area contributed by atoms with Gasteiger partial charge < -0.3 is 28.5 Å². The molecule has 0 unspecified atom stereocenters. The smallest absolute Gasteiger partial charge is 0.448 e. The normalized spacial score (nSPS) is 12.4. The van der Waals surface area contributed by atoms with Crippen LogP contribution in [0, 0.1) is 0 Å². The Labute approximate surface area is 141 Å². The predicted molar refractivity (Wildman–Crippen MR) is 83.6 cm³/mol. The summed E-state index contributed by atoms with van der Waals surface area (Å²) in [7, 11) is -3.52. The molecule has 0 aliphatic carbocycles. The van der Waals surface area contributed by atoms with Crippen molar-refractivity contribution in [1.29, 1.82) is 0 Å². The van der Waals surface area contributed by atoms with E-state index >= 15 is 0 Å². The number of aliphatic hydroxyl groups excluding tert-OH is 1. The first kappa shape index (κ1) is 22.6. The molecule has 11 heteroatoms. The van der Waals surface area contributed by atoms with Crippen LogP contribution in [-0.4, -0.2) is 67.7 Å². The summed E-state index contributed by atoms with van der Waals surface area (Å²) < 4.78 is 31.8. The molecule has 10 nitrogen and oxygen atoms in total. The molecule has 1 atom stereocenters. The van der Waals surface area contributed by atoms with E-state index in [2.05, 4.69) is 9.57 Å². The quantitative estimate of drug-likeness (QED) is 0.350. The molecule has 0 radical (unpaired) electrons. The van der Waals surface area contributed by atoms with Crippen LogP contribution in [-0.2, 0) is 27.9 Å². The Morgan fingerprint density at radius 1 is 1.00 bits per heavy atom. The molecule has 0 rings (SSSR count). The highest BCUT2D eigenvalue weighted by molar-refractivity contribution is 7.53. The average molecular weight is 371 g/mol. The minimum atomic E-state index is -3.52. The number of nitrogens with zero attached hydrogens (tertiary/aromatic N) is 1. The first-order valence-electron chi connectivity index (χ1n) is 7.66. The highest BCUT2D eigenvalue weighted by atomic mass is 31.2. The number of rotatable bonds is 10. The maximum absolute atomic E-state index is 12.4. The molecule has 0 aliphatic heterocycles. The molecular weight excluding hydrogens is 345 g/mol. The maximum Gasteiger partial charge on any atom is 0.533 e. The highest BCUT2D eigenvalue weighted by Gasteiger charge is 2.31. The van der Waals surface area contributed by atoms with E-state index in [0.29, 0.717) is 5.06 Å². The van der Waals surface area contributed by atoms with Gasteiger partial charge in [-0.15, -0.1) is 5.06 Å². The van der Waals surface area contributed by atoms with Gasteiger partial charge in [0.15, 0.2) is 0 Å². The van der Waals surface area contributed by atoms with Crippen molar-refractivity contribution in [3.8, 4) is 0 Å². The Balaban J connectivity index is 4.88. The minimum absolute atomic E-state index is 0.0357. The molecule has 0 saturated carbocycles. The Hall–Kier alpha value is -1.35. The third-order valence-electron chi connectivity index (χ3n) is 2.38. The molecule has 0 bridgehead atoms. The Kier molecular flexibility index (Phi) is 11.4. The first-order chi connectivity index (χ1) is 11.3. The van der Waals surface area contributed by atoms with E-state index in [4.69, 9.17) is 13.8 Å². The first-order valence-corrected chi connectivity index (χ1v) is 9.39. The van der Waals surface area contributed by atoms with Gasteiger partial charge in [0.25, 0.3) is 0 Å². The molecule has 0 spiro atoms. The number of carbonyl (C=O) groups is 2. The van der Waals surface area contributed by atoms with Crippen molar-refractivity contribution in [2.45, 2.75) is 33.8 Å². The molecule has 142 valence electrons. The van der Waals surface area contributed by atoms with E-state index in [-0.39, 0.29) is 32.6 Å². The third kappa shape index (κ3) is 9.07. The summed E-state index contributed by atoms with van der Waals surface area (Å²) in [5.41, 5.74) is 0. The number of aliphatic hydroxyl groups is 1. The second-order valence-corrected chi connectivity index (χ2v) is 6.42. The van der Waals surface area contributed by atoms with Crippen molar-refractivity contribution in [1.82, 2.24) is 5.06 Å². The Morgan fingerprint density at radius 2 is 1.54 bits per heavy atom. The molecule has 0 aromatic rings. The fourth-order valence-corrected chi connectivity index (χ4v) is 3.33. The lowest BCUT2D eigenvalue weighted by Crippen LogP contribution is -2.41. The summed E-state index contributed by atoms with van der Waals surface area (Å²) in [6.07, 6.45) is -3.84. The largest absolute Gasteiger partial charge is 0.533 e. The Bertz CT molecular complexity index is 422. The van der Waals surface area contributed by atoms with E-state index in [1.807, 2.05) is 0 Å². The van der Waals surface area contributed by atoms with Gasteiger partial charge >= 0.3 is 19.8 Å². The van der Waals surface area contributed by atoms with Gasteiger partial charge in [0, 0.05) is 0 Å². The standard InChI is InChI=1S/C13H26NO9P/c1-5-19-12(16)14(23-13(17)20-6-2)9-11(15)10-24(18,21-7-3)22-8-4/h11,15H,5-10H2,1-4H3/t11-/m1/s1. The fraction of sp³-hybridized carbons (Fsp3) is 0.846. The van der Waals surface area contributed by atoms with Gasteiger partial charge in [-0.3, -0.25) is 4.57 Å². The van der Waals surface area contributed by atoms with Gasteiger partial charge in [0.2, 0.25) is 0 Å². The number of amides is 1. The molecule has 0 aliphatic rings. The molecule has 1 amide bonds. The van der Waals surface area contributed by atoms with Crippen LogP contribution in [0.2, 0.25) is 0 Å². The Morgan fingerprint density at radius 3 is 2.00 bits per heavy atom. The molecule has 24 heavy (non-hydrogen) atoms. The van der Waals surface area contributed by atoms with Crippen LogP contribution in [0.25, 0.3) is 0 Å². The molecule has 0 aromatic heterocycles. The van der Waals surface area contributed by atoms with Crippen LogP contribution in [0.4, 0.5) is 9.59 Å². The van der Waals surface area contributed by atoms with Crippen LogP contribution in [0.3, 0.4) is 0 Å². The van der Waals surface area contributed by atoms with Crippen molar-refractivity contribution < 1.29 is 42.6 Å².